The molecule has 0 radical (unpaired) electrons. The van der Waals surface area contributed by atoms with E-state index in [-0.39, 0.29) is 11.9 Å². The Morgan fingerprint density at radius 2 is 2.06 bits per heavy atom. The van der Waals surface area contributed by atoms with E-state index in [1.807, 2.05) is 24.6 Å². The Morgan fingerprint density at radius 1 is 1.33 bits per heavy atom. The highest BCUT2D eigenvalue weighted by Gasteiger charge is 2.17. The SMILES string of the molecule is CC(C)n1ncc(CCN)c1-c1ccccc1F. The van der Waals surface area contributed by atoms with E-state index in [4.69, 9.17) is 5.73 Å². The first-order chi connectivity index (χ1) is 8.65. The molecule has 3 nitrogen and oxygen atoms in total. The van der Waals surface area contributed by atoms with Gasteiger partial charge < -0.3 is 5.73 Å². The molecule has 0 spiro atoms. The summed E-state index contributed by atoms with van der Waals surface area (Å²) >= 11 is 0. The predicted molar refractivity (Wildman–Crippen MR) is 70.8 cm³/mol. The largest absolute Gasteiger partial charge is 0.330 e. The lowest BCUT2D eigenvalue weighted by Gasteiger charge is -2.13. The highest BCUT2D eigenvalue weighted by molar-refractivity contribution is 5.64. The summed E-state index contributed by atoms with van der Waals surface area (Å²) in [6.07, 6.45) is 2.49. The van der Waals surface area contributed by atoms with Gasteiger partial charge in [-0.2, -0.15) is 5.10 Å². The smallest absolute Gasteiger partial charge is 0.132 e. The van der Waals surface area contributed by atoms with E-state index in [0.29, 0.717) is 18.5 Å². The molecule has 0 unspecified atom stereocenters. The molecular formula is C14H18FN3. The molecule has 0 saturated carbocycles. The van der Waals surface area contributed by atoms with Crippen molar-refractivity contribution in [1.82, 2.24) is 9.78 Å². The average molecular weight is 247 g/mol. The highest BCUT2D eigenvalue weighted by Crippen LogP contribution is 2.28. The van der Waals surface area contributed by atoms with Crippen LogP contribution in [0, 0.1) is 5.82 Å². The lowest BCUT2D eigenvalue weighted by Crippen LogP contribution is -2.08. The van der Waals surface area contributed by atoms with Crippen LogP contribution >= 0.6 is 0 Å². The molecule has 2 N–H and O–H groups in total. The van der Waals surface area contributed by atoms with E-state index >= 15 is 0 Å². The van der Waals surface area contributed by atoms with Crippen LogP contribution in [0.2, 0.25) is 0 Å². The van der Waals surface area contributed by atoms with Crippen LogP contribution in [0.4, 0.5) is 4.39 Å². The van der Waals surface area contributed by atoms with Crippen molar-refractivity contribution in [2.75, 3.05) is 6.54 Å². The van der Waals surface area contributed by atoms with E-state index in [0.717, 1.165) is 11.3 Å². The normalized spacial score (nSPS) is 11.2. The Kier molecular flexibility index (Phi) is 3.77. The minimum atomic E-state index is -0.224. The van der Waals surface area contributed by atoms with Crippen molar-refractivity contribution in [1.29, 1.82) is 0 Å². The predicted octanol–water partition coefficient (Wildman–Crippen LogP) is 2.77. The van der Waals surface area contributed by atoms with Crippen LogP contribution in [0.1, 0.15) is 25.5 Å². The Bertz CT molecular complexity index is 532. The fourth-order valence-electron chi connectivity index (χ4n) is 2.08. The van der Waals surface area contributed by atoms with Crippen molar-refractivity contribution in [3.63, 3.8) is 0 Å². The van der Waals surface area contributed by atoms with Gasteiger partial charge >= 0.3 is 0 Å². The van der Waals surface area contributed by atoms with Crippen LogP contribution in [0.25, 0.3) is 11.3 Å². The number of halogens is 1. The van der Waals surface area contributed by atoms with Gasteiger partial charge in [0.05, 0.1) is 11.9 Å². The fourth-order valence-corrected chi connectivity index (χ4v) is 2.08. The summed E-state index contributed by atoms with van der Waals surface area (Å²) in [7, 11) is 0. The van der Waals surface area contributed by atoms with Crippen molar-refractivity contribution in [3.05, 3.63) is 41.8 Å². The second kappa shape index (κ2) is 5.31. The van der Waals surface area contributed by atoms with Crippen molar-refractivity contribution in [2.45, 2.75) is 26.3 Å². The quantitative estimate of drug-likeness (QED) is 0.902. The van der Waals surface area contributed by atoms with Gasteiger partial charge in [0.15, 0.2) is 0 Å². The van der Waals surface area contributed by atoms with Crippen molar-refractivity contribution in [3.8, 4) is 11.3 Å². The zero-order chi connectivity index (χ0) is 13.1. The lowest BCUT2D eigenvalue weighted by atomic mass is 10.0. The second-order valence-corrected chi connectivity index (χ2v) is 4.58. The molecule has 0 atom stereocenters. The first kappa shape index (κ1) is 12.8. The van der Waals surface area contributed by atoms with Crippen LogP contribution in [-0.2, 0) is 6.42 Å². The molecule has 1 aromatic carbocycles. The first-order valence-corrected chi connectivity index (χ1v) is 6.16. The van der Waals surface area contributed by atoms with Gasteiger partial charge in [-0.15, -0.1) is 0 Å². The number of hydrogen-bond acceptors (Lipinski definition) is 2. The summed E-state index contributed by atoms with van der Waals surface area (Å²) in [6.45, 7) is 4.60. The van der Waals surface area contributed by atoms with Crippen molar-refractivity contribution in [2.24, 2.45) is 5.73 Å². The molecule has 96 valence electrons. The summed E-state index contributed by atoms with van der Waals surface area (Å²) in [4.78, 5) is 0. The third-order valence-electron chi connectivity index (χ3n) is 2.90. The van der Waals surface area contributed by atoms with E-state index < -0.39 is 0 Å². The Balaban J connectivity index is 2.60. The maximum atomic E-state index is 13.9. The van der Waals surface area contributed by atoms with Crippen LogP contribution in [0.5, 0.6) is 0 Å². The molecule has 0 bridgehead atoms. The van der Waals surface area contributed by atoms with Gasteiger partial charge in [-0.1, -0.05) is 12.1 Å². The van der Waals surface area contributed by atoms with E-state index in [1.54, 1.807) is 18.3 Å². The second-order valence-electron chi connectivity index (χ2n) is 4.58. The van der Waals surface area contributed by atoms with Gasteiger partial charge in [0.2, 0.25) is 0 Å². The summed E-state index contributed by atoms with van der Waals surface area (Å²) in [5.41, 5.74) is 8.03. The molecule has 0 amide bonds. The topological polar surface area (TPSA) is 43.8 Å². The molecule has 1 heterocycles. The first-order valence-electron chi connectivity index (χ1n) is 6.16. The summed E-state index contributed by atoms with van der Waals surface area (Å²) in [5.74, 6) is -0.224. The molecule has 2 aromatic rings. The van der Waals surface area contributed by atoms with Gasteiger partial charge in [-0.3, -0.25) is 4.68 Å². The number of benzene rings is 1. The molecule has 0 saturated heterocycles. The van der Waals surface area contributed by atoms with Crippen molar-refractivity contribution >= 4 is 0 Å². The van der Waals surface area contributed by atoms with E-state index in [1.165, 1.54) is 6.07 Å². The third kappa shape index (κ3) is 2.29. The number of nitrogens with two attached hydrogens (primary N) is 1. The van der Waals surface area contributed by atoms with Crippen LogP contribution in [0.3, 0.4) is 0 Å². The highest BCUT2D eigenvalue weighted by atomic mass is 19.1. The molecule has 4 heteroatoms. The Morgan fingerprint density at radius 3 is 2.67 bits per heavy atom. The Labute approximate surface area is 106 Å². The molecule has 2 rings (SSSR count). The minimum absolute atomic E-state index is 0.186. The monoisotopic (exact) mass is 247 g/mol. The molecular weight excluding hydrogens is 229 g/mol. The molecule has 0 aliphatic heterocycles. The molecule has 18 heavy (non-hydrogen) atoms. The molecule has 1 aromatic heterocycles. The van der Waals surface area contributed by atoms with Gasteiger partial charge in [-0.05, 0) is 44.5 Å². The zero-order valence-corrected chi connectivity index (χ0v) is 10.7. The maximum absolute atomic E-state index is 13.9. The summed E-state index contributed by atoms with van der Waals surface area (Å²) < 4.78 is 15.8. The lowest BCUT2D eigenvalue weighted by molar-refractivity contribution is 0.535. The average Bonchev–Trinajstić information content (AvgIpc) is 2.74. The van der Waals surface area contributed by atoms with Gasteiger partial charge in [0.25, 0.3) is 0 Å². The molecule has 0 fully saturated rings. The fraction of sp³-hybridized carbons (Fsp3) is 0.357. The summed E-state index contributed by atoms with van der Waals surface area (Å²) in [5, 5.41) is 4.35. The van der Waals surface area contributed by atoms with Crippen LogP contribution < -0.4 is 5.73 Å². The van der Waals surface area contributed by atoms with Crippen LogP contribution in [-0.4, -0.2) is 16.3 Å². The van der Waals surface area contributed by atoms with Gasteiger partial charge in [0.1, 0.15) is 5.82 Å². The van der Waals surface area contributed by atoms with E-state index in [9.17, 15) is 4.39 Å². The number of hydrogen-bond donors (Lipinski definition) is 1. The van der Waals surface area contributed by atoms with Gasteiger partial charge in [0, 0.05) is 11.6 Å². The zero-order valence-electron chi connectivity index (χ0n) is 10.7. The summed E-state index contributed by atoms with van der Waals surface area (Å²) in [6, 6.07) is 6.97. The standard InChI is InChI=1S/C14H18FN3/c1-10(2)18-14(11(7-8-16)9-17-18)12-5-3-4-6-13(12)15/h3-6,9-10H,7-8,16H2,1-2H3. The minimum Gasteiger partial charge on any atom is -0.330 e. The number of nitrogens with zero attached hydrogens (tertiary/aromatic N) is 2. The molecule has 0 aliphatic rings. The van der Waals surface area contributed by atoms with Gasteiger partial charge in [-0.25, -0.2) is 4.39 Å². The maximum Gasteiger partial charge on any atom is 0.132 e. The third-order valence-corrected chi connectivity index (χ3v) is 2.90. The molecule has 0 aliphatic carbocycles. The van der Waals surface area contributed by atoms with Crippen molar-refractivity contribution < 1.29 is 4.39 Å². The number of aromatic nitrogens is 2. The van der Waals surface area contributed by atoms with E-state index in [2.05, 4.69) is 5.10 Å². The number of rotatable bonds is 4. The van der Waals surface area contributed by atoms with Crippen LogP contribution in [0.15, 0.2) is 30.5 Å². The Hall–Kier alpha value is -1.68.